The lowest BCUT2D eigenvalue weighted by atomic mass is 10.1. The third kappa shape index (κ3) is 3.89. The number of hydrogen-bond acceptors (Lipinski definition) is 3. The van der Waals surface area contributed by atoms with Crippen molar-refractivity contribution in [2.75, 3.05) is 13.1 Å². The van der Waals surface area contributed by atoms with E-state index >= 15 is 0 Å². The summed E-state index contributed by atoms with van der Waals surface area (Å²) in [6.45, 7) is 1.22. The van der Waals surface area contributed by atoms with E-state index in [1.807, 2.05) is 0 Å². The summed E-state index contributed by atoms with van der Waals surface area (Å²) in [5.41, 5.74) is 0. The van der Waals surface area contributed by atoms with E-state index in [1.165, 1.54) is 6.07 Å². The van der Waals surface area contributed by atoms with E-state index in [2.05, 4.69) is 10.0 Å². The first-order valence-corrected chi connectivity index (χ1v) is 8.03. The third-order valence-electron chi connectivity index (χ3n) is 3.12. The van der Waals surface area contributed by atoms with Crippen molar-refractivity contribution in [3.05, 3.63) is 29.0 Å². The molecule has 0 spiro atoms. The van der Waals surface area contributed by atoms with E-state index in [9.17, 15) is 12.8 Å². The molecule has 0 aromatic heterocycles. The predicted molar refractivity (Wildman–Crippen MR) is 72.2 cm³/mol. The molecule has 0 saturated carbocycles. The largest absolute Gasteiger partial charge is 0.313 e. The zero-order chi connectivity index (χ0) is 13.9. The highest BCUT2D eigenvalue weighted by atomic mass is 35.5. The van der Waals surface area contributed by atoms with Gasteiger partial charge in [0.05, 0.1) is 5.02 Å². The minimum absolute atomic E-state index is 0.0913. The maximum absolute atomic E-state index is 12.9. The molecule has 0 radical (unpaired) electrons. The van der Waals surface area contributed by atoms with Crippen molar-refractivity contribution in [3.63, 3.8) is 0 Å². The number of halogens is 2. The molecule has 2 rings (SSSR count). The zero-order valence-electron chi connectivity index (χ0n) is 10.3. The summed E-state index contributed by atoms with van der Waals surface area (Å²) in [5, 5.41) is 3.14. The van der Waals surface area contributed by atoms with Crippen LogP contribution in [0, 0.1) is 5.82 Å². The van der Waals surface area contributed by atoms with Gasteiger partial charge in [-0.2, -0.15) is 0 Å². The molecule has 1 atom stereocenters. The van der Waals surface area contributed by atoms with Crippen molar-refractivity contribution in [1.29, 1.82) is 0 Å². The van der Waals surface area contributed by atoms with Crippen LogP contribution < -0.4 is 10.0 Å². The summed E-state index contributed by atoms with van der Waals surface area (Å²) in [7, 11) is -3.70. The van der Waals surface area contributed by atoms with Gasteiger partial charge in [0.1, 0.15) is 10.7 Å². The van der Waals surface area contributed by atoms with Gasteiger partial charge in [-0.15, -0.1) is 0 Å². The van der Waals surface area contributed by atoms with Gasteiger partial charge in [0.25, 0.3) is 0 Å². The molecular weight excluding hydrogens is 291 g/mol. The van der Waals surface area contributed by atoms with Gasteiger partial charge in [-0.1, -0.05) is 18.0 Å². The van der Waals surface area contributed by atoms with Gasteiger partial charge < -0.3 is 5.32 Å². The van der Waals surface area contributed by atoms with Crippen LogP contribution in [-0.2, 0) is 10.0 Å². The van der Waals surface area contributed by atoms with Gasteiger partial charge in [0.2, 0.25) is 10.0 Å². The summed E-state index contributed by atoms with van der Waals surface area (Å²) in [5.74, 6) is -0.558. The van der Waals surface area contributed by atoms with Crippen LogP contribution in [0.1, 0.15) is 19.3 Å². The Morgan fingerprint density at radius 1 is 1.42 bits per heavy atom. The lowest BCUT2D eigenvalue weighted by Gasteiger charge is -2.23. The molecule has 106 valence electrons. The van der Waals surface area contributed by atoms with Crippen LogP contribution in [0.25, 0.3) is 0 Å². The SMILES string of the molecule is O=S(=O)(NCC1CCCCN1)c1ccc(F)cc1Cl. The van der Waals surface area contributed by atoms with Gasteiger partial charge >= 0.3 is 0 Å². The Kier molecular flexibility index (Phi) is 4.78. The molecular formula is C12H16ClFN2O2S. The zero-order valence-corrected chi connectivity index (χ0v) is 11.9. The van der Waals surface area contributed by atoms with Crippen LogP contribution in [0.2, 0.25) is 5.02 Å². The normalized spacial score (nSPS) is 20.4. The average Bonchev–Trinajstić information content (AvgIpc) is 2.37. The van der Waals surface area contributed by atoms with Crippen LogP contribution in [0.4, 0.5) is 4.39 Å². The van der Waals surface area contributed by atoms with Gasteiger partial charge in [0, 0.05) is 12.6 Å². The molecule has 4 nitrogen and oxygen atoms in total. The van der Waals surface area contributed by atoms with Gasteiger partial charge in [-0.05, 0) is 37.6 Å². The van der Waals surface area contributed by atoms with Crippen LogP contribution in [0.15, 0.2) is 23.1 Å². The summed E-state index contributed by atoms with van der Waals surface area (Å²) in [6, 6.07) is 3.39. The van der Waals surface area contributed by atoms with Gasteiger partial charge in [-0.3, -0.25) is 0 Å². The molecule has 1 aromatic carbocycles. The van der Waals surface area contributed by atoms with Crippen molar-refractivity contribution < 1.29 is 12.8 Å². The Morgan fingerprint density at radius 3 is 2.84 bits per heavy atom. The van der Waals surface area contributed by atoms with Crippen LogP contribution in [0.3, 0.4) is 0 Å². The Morgan fingerprint density at radius 2 is 2.21 bits per heavy atom. The van der Waals surface area contributed by atoms with E-state index in [0.29, 0.717) is 6.54 Å². The van der Waals surface area contributed by atoms with Crippen molar-refractivity contribution in [2.45, 2.75) is 30.2 Å². The monoisotopic (exact) mass is 306 g/mol. The molecule has 1 aromatic rings. The molecule has 19 heavy (non-hydrogen) atoms. The highest BCUT2D eigenvalue weighted by molar-refractivity contribution is 7.89. The minimum atomic E-state index is -3.70. The molecule has 2 N–H and O–H groups in total. The quantitative estimate of drug-likeness (QED) is 0.893. The van der Waals surface area contributed by atoms with Crippen molar-refractivity contribution in [3.8, 4) is 0 Å². The fourth-order valence-corrected chi connectivity index (χ4v) is 3.69. The lowest BCUT2D eigenvalue weighted by Crippen LogP contribution is -2.43. The molecule has 1 heterocycles. The second-order valence-electron chi connectivity index (χ2n) is 4.57. The lowest BCUT2D eigenvalue weighted by molar-refractivity contribution is 0.398. The Bertz CT molecular complexity index is 545. The second-order valence-corrected chi connectivity index (χ2v) is 6.72. The summed E-state index contributed by atoms with van der Waals surface area (Å²) < 4.78 is 39.5. The van der Waals surface area contributed by atoms with E-state index in [0.717, 1.165) is 37.9 Å². The van der Waals surface area contributed by atoms with E-state index in [1.54, 1.807) is 0 Å². The maximum Gasteiger partial charge on any atom is 0.242 e. The molecule has 1 aliphatic heterocycles. The first-order valence-electron chi connectivity index (χ1n) is 6.17. The van der Waals surface area contributed by atoms with E-state index in [4.69, 9.17) is 11.6 Å². The smallest absolute Gasteiger partial charge is 0.242 e. The van der Waals surface area contributed by atoms with E-state index < -0.39 is 15.8 Å². The molecule has 1 unspecified atom stereocenters. The minimum Gasteiger partial charge on any atom is -0.313 e. The number of hydrogen-bond donors (Lipinski definition) is 2. The number of sulfonamides is 1. The number of piperidine rings is 1. The van der Waals surface area contributed by atoms with Gasteiger partial charge in [-0.25, -0.2) is 17.5 Å². The summed E-state index contributed by atoms with van der Waals surface area (Å²) in [6.07, 6.45) is 3.16. The maximum atomic E-state index is 12.9. The molecule has 0 aliphatic carbocycles. The first-order chi connectivity index (χ1) is 8.99. The molecule has 1 saturated heterocycles. The molecule has 0 bridgehead atoms. The Labute approximate surface area is 117 Å². The summed E-state index contributed by atoms with van der Waals surface area (Å²) >= 11 is 5.76. The highest BCUT2D eigenvalue weighted by Crippen LogP contribution is 2.22. The highest BCUT2D eigenvalue weighted by Gasteiger charge is 2.20. The Hall–Kier alpha value is -0.690. The molecule has 1 fully saturated rings. The van der Waals surface area contributed by atoms with Crippen molar-refractivity contribution in [2.24, 2.45) is 0 Å². The molecule has 7 heteroatoms. The topological polar surface area (TPSA) is 58.2 Å². The number of rotatable bonds is 4. The fourth-order valence-electron chi connectivity index (χ4n) is 2.08. The van der Waals surface area contributed by atoms with E-state index in [-0.39, 0.29) is 16.0 Å². The van der Waals surface area contributed by atoms with Gasteiger partial charge in [0.15, 0.2) is 0 Å². The molecule has 0 amide bonds. The standard InChI is InChI=1S/C12H16ClFN2O2S/c13-11-7-9(14)4-5-12(11)19(17,18)16-8-10-3-1-2-6-15-10/h4-5,7,10,15-16H,1-3,6,8H2. The fraction of sp³-hybridized carbons (Fsp3) is 0.500. The predicted octanol–water partition coefficient (Wildman–Crippen LogP) is 1.90. The number of nitrogens with one attached hydrogen (secondary N) is 2. The molecule has 1 aliphatic rings. The second kappa shape index (κ2) is 6.17. The van der Waals surface area contributed by atoms with Crippen LogP contribution in [0.5, 0.6) is 0 Å². The summed E-state index contributed by atoms with van der Waals surface area (Å²) in [4.78, 5) is -0.0913. The Balaban J connectivity index is 2.05. The van der Waals surface area contributed by atoms with Crippen molar-refractivity contribution in [1.82, 2.24) is 10.0 Å². The first kappa shape index (κ1) is 14.7. The van der Waals surface area contributed by atoms with Crippen LogP contribution in [-0.4, -0.2) is 27.5 Å². The van der Waals surface area contributed by atoms with Crippen molar-refractivity contribution >= 4 is 21.6 Å². The van der Waals surface area contributed by atoms with Crippen LogP contribution >= 0.6 is 11.6 Å². The average molecular weight is 307 g/mol. The number of benzene rings is 1. The third-order valence-corrected chi connectivity index (χ3v) is 5.02.